The number of nitrogens with zero attached hydrogens (tertiary/aromatic N) is 5. The van der Waals surface area contributed by atoms with Crippen LogP contribution in [0.4, 0.5) is 14.6 Å². The molecule has 0 bridgehead atoms. The molecule has 3 N–H and O–H groups in total. The molecule has 1 saturated heterocycles. The molecule has 3 heterocycles. The Morgan fingerprint density at radius 1 is 1.36 bits per heavy atom. The van der Waals surface area contributed by atoms with Gasteiger partial charge in [-0.05, 0) is 31.3 Å². The molecule has 2 amide bonds. The largest absolute Gasteiger partial charge is 0.373 e. The van der Waals surface area contributed by atoms with Crippen molar-refractivity contribution in [2.24, 2.45) is 5.73 Å². The van der Waals surface area contributed by atoms with Gasteiger partial charge in [-0.25, -0.2) is 18.4 Å². The maximum absolute atomic E-state index is 15.2. The standard InChI is InChI=1S/C24H22F2N7O2Si/c1-3-18(34)31-9-8-24(36,11-31)33-23(28-2)19(22(27)35)16(30-33)7-6-14-15(25)10-17-21(20(14)26)29-12-32(17)13-4-5-13/h3,10,12-13,28H,1,4-5,8-9,11H2,2H3,(H2,27,35)/t24-/m1/s1. The highest BCUT2D eigenvalue weighted by atomic mass is 28.1. The second-order valence-corrected chi connectivity index (χ2v) is 9.82. The highest BCUT2D eigenvalue weighted by Gasteiger charge is 2.40. The number of aromatic nitrogens is 4. The first-order chi connectivity index (χ1) is 17.2. The fraction of sp³-hybridized carbons (Fsp3) is 0.333. The van der Waals surface area contributed by atoms with E-state index >= 15 is 4.39 Å². The second-order valence-electron chi connectivity index (χ2n) is 8.89. The summed E-state index contributed by atoms with van der Waals surface area (Å²) in [5.74, 6) is 2.60. The zero-order valence-electron chi connectivity index (χ0n) is 19.4. The third kappa shape index (κ3) is 3.76. The van der Waals surface area contributed by atoms with Crippen LogP contribution in [-0.2, 0) is 9.96 Å². The number of halogens is 2. The number of amides is 2. The number of hydrogen-bond donors (Lipinski definition) is 2. The zero-order chi connectivity index (χ0) is 25.8. The third-order valence-electron chi connectivity index (χ3n) is 6.52. The van der Waals surface area contributed by atoms with E-state index in [0.717, 1.165) is 12.8 Å². The van der Waals surface area contributed by atoms with Crippen LogP contribution in [0, 0.1) is 23.5 Å². The maximum Gasteiger partial charge on any atom is 0.255 e. The van der Waals surface area contributed by atoms with Crippen molar-refractivity contribution in [3.63, 3.8) is 0 Å². The van der Waals surface area contributed by atoms with Crippen molar-refractivity contribution in [3.05, 3.63) is 53.5 Å². The molecule has 183 valence electrons. The summed E-state index contributed by atoms with van der Waals surface area (Å²) in [6.45, 7) is 4.17. The van der Waals surface area contributed by atoms with Gasteiger partial charge in [0.25, 0.3) is 5.91 Å². The SMILES string of the molecule is C=CC(=O)N1CC[C@]([Si])(n2nc(C#Cc3c(F)cc4c(ncn4C4CC4)c3F)c(C(N)=O)c2NC)C1. The summed E-state index contributed by atoms with van der Waals surface area (Å²) in [5.41, 5.74) is 5.47. The Labute approximate surface area is 208 Å². The average molecular weight is 507 g/mol. The van der Waals surface area contributed by atoms with Gasteiger partial charge in [0, 0.05) is 32.2 Å². The quantitative estimate of drug-likeness (QED) is 0.311. The van der Waals surface area contributed by atoms with Gasteiger partial charge in [-0.1, -0.05) is 12.5 Å². The van der Waals surface area contributed by atoms with Crippen LogP contribution in [-0.4, -0.2) is 66.4 Å². The smallest absolute Gasteiger partial charge is 0.255 e. The Morgan fingerprint density at radius 2 is 2.11 bits per heavy atom. The number of nitrogens with two attached hydrogens (primary N) is 1. The lowest BCUT2D eigenvalue weighted by Crippen LogP contribution is -2.40. The summed E-state index contributed by atoms with van der Waals surface area (Å²) >= 11 is 0. The third-order valence-corrected chi connectivity index (χ3v) is 7.14. The highest BCUT2D eigenvalue weighted by Crippen LogP contribution is 2.38. The number of primary amides is 1. The molecular weight excluding hydrogens is 484 g/mol. The number of imidazole rings is 1. The van der Waals surface area contributed by atoms with Crippen LogP contribution in [0.2, 0.25) is 0 Å². The number of anilines is 1. The van der Waals surface area contributed by atoms with Crippen molar-refractivity contribution in [1.82, 2.24) is 24.2 Å². The Balaban J connectivity index is 1.58. The Morgan fingerprint density at radius 3 is 2.75 bits per heavy atom. The molecule has 12 heteroatoms. The lowest BCUT2D eigenvalue weighted by molar-refractivity contribution is -0.125. The normalized spacial score (nSPS) is 19.3. The lowest BCUT2D eigenvalue weighted by atomic mass is 10.1. The number of carbonyl (C=O) groups excluding carboxylic acids is 2. The van der Waals surface area contributed by atoms with Crippen molar-refractivity contribution in [1.29, 1.82) is 0 Å². The number of fused-ring (bicyclic) bond motifs is 1. The van der Waals surface area contributed by atoms with E-state index in [1.807, 2.05) is 0 Å². The summed E-state index contributed by atoms with van der Waals surface area (Å²) in [7, 11) is 5.29. The molecule has 36 heavy (non-hydrogen) atoms. The van der Waals surface area contributed by atoms with Gasteiger partial charge >= 0.3 is 0 Å². The Bertz CT molecular complexity index is 1500. The van der Waals surface area contributed by atoms with E-state index < -0.39 is 28.3 Å². The topological polar surface area (TPSA) is 111 Å². The van der Waals surface area contributed by atoms with Gasteiger partial charge in [-0.15, -0.1) is 0 Å². The second kappa shape index (κ2) is 8.60. The summed E-state index contributed by atoms with van der Waals surface area (Å²) in [4.78, 5) is 30.1. The van der Waals surface area contributed by atoms with Crippen LogP contribution in [0.15, 0.2) is 25.0 Å². The molecule has 1 aromatic carbocycles. The van der Waals surface area contributed by atoms with E-state index in [1.54, 1.807) is 16.5 Å². The minimum atomic E-state index is -0.878. The molecule has 1 aliphatic heterocycles. The molecule has 3 aromatic rings. The Kier molecular flexibility index (Phi) is 5.67. The molecular formula is C24H22F2N7O2Si. The van der Waals surface area contributed by atoms with E-state index in [2.05, 4.69) is 44.1 Å². The monoisotopic (exact) mass is 506 g/mol. The van der Waals surface area contributed by atoms with Gasteiger partial charge < -0.3 is 20.5 Å². The highest BCUT2D eigenvalue weighted by molar-refractivity contribution is 6.15. The molecule has 3 radical (unpaired) electrons. The summed E-state index contributed by atoms with van der Waals surface area (Å²) < 4.78 is 33.4. The first-order valence-corrected chi connectivity index (χ1v) is 11.8. The zero-order valence-corrected chi connectivity index (χ0v) is 20.4. The van der Waals surface area contributed by atoms with Gasteiger partial charge in [0.2, 0.25) is 5.91 Å². The van der Waals surface area contributed by atoms with E-state index in [4.69, 9.17) is 5.73 Å². The molecule has 9 nitrogen and oxygen atoms in total. The van der Waals surface area contributed by atoms with Crippen LogP contribution >= 0.6 is 0 Å². The maximum atomic E-state index is 15.2. The van der Waals surface area contributed by atoms with Crippen molar-refractivity contribution in [2.45, 2.75) is 30.5 Å². The van der Waals surface area contributed by atoms with Crippen LogP contribution in [0.25, 0.3) is 11.0 Å². The molecule has 0 spiro atoms. The predicted octanol–water partition coefficient (Wildman–Crippen LogP) is 1.63. The van der Waals surface area contributed by atoms with Crippen LogP contribution in [0.5, 0.6) is 0 Å². The molecule has 1 atom stereocenters. The minimum absolute atomic E-state index is 0.0289. The van der Waals surface area contributed by atoms with Crippen LogP contribution in [0.3, 0.4) is 0 Å². The van der Waals surface area contributed by atoms with Gasteiger partial charge in [-0.3, -0.25) is 9.59 Å². The molecule has 1 aliphatic carbocycles. The number of rotatable bonds is 5. The number of likely N-dealkylation sites (tertiary alicyclic amines) is 1. The van der Waals surface area contributed by atoms with E-state index in [9.17, 15) is 14.0 Å². The molecule has 0 unspecified atom stereocenters. The average Bonchev–Trinajstić information content (AvgIpc) is 3.29. The summed E-state index contributed by atoms with van der Waals surface area (Å²) in [6, 6.07) is 1.43. The van der Waals surface area contributed by atoms with Crippen molar-refractivity contribution < 1.29 is 18.4 Å². The first-order valence-electron chi connectivity index (χ1n) is 11.3. The van der Waals surface area contributed by atoms with E-state index in [0.29, 0.717) is 18.5 Å². The van der Waals surface area contributed by atoms with Gasteiger partial charge in [0.1, 0.15) is 22.7 Å². The van der Waals surface area contributed by atoms with Crippen molar-refractivity contribution in [2.75, 3.05) is 25.5 Å². The molecule has 1 saturated carbocycles. The minimum Gasteiger partial charge on any atom is -0.373 e. The summed E-state index contributed by atoms with van der Waals surface area (Å²) in [5, 5.41) is 6.49. The summed E-state index contributed by atoms with van der Waals surface area (Å²) in [6.07, 6.45) is 5.08. The number of nitrogens with one attached hydrogen (secondary N) is 1. The van der Waals surface area contributed by atoms with Crippen molar-refractivity contribution >= 4 is 38.9 Å². The van der Waals surface area contributed by atoms with Crippen LogP contribution < -0.4 is 11.1 Å². The predicted molar refractivity (Wildman–Crippen MR) is 129 cm³/mol. The van der Waals surface area contributed by atoms with Gasteiger partial charge in [-0.2, -0.15) is 5.10 Å². The number of hydrogen-bond acceptors (Lipinski definition) is 5. The van der Waals surface area contributed by atoms with Gasteiger partial charge in [0.05, 0.1) is 32.8 Å². The van der Waals surface area contributed by atoms with Crippen molar-refractivity contribution in [3.8, 4) is 11.8 Å². The van der Waals surface area contributed by atoms with Crippen LogP contribution in [0.1, 0.15) is 46.9 Å². The Hall–Kier alpha value is -3.98. The number of benzene rings is 1. The molecule has 5 rings (SSSR count). The van der Waals surface area contributed by atoms with E-state index in [-0.39, 0.29) is 41.1 Å². The lowest BCUT2D eigenvalue weighted by Gasteiger charge is -2.27. The molecule has 2 aromatic heterocycles. The fourth-order valence-corrected chi connectivity index (χ4v) is 5.01. The van der Waals surface area contributed by atoms with Gasteiger partial charge in [0.15, 0.2) is 11.5 Å². The first kappa shape index (κ1) is 23.7. The van der Waals surface area contributed by atoms with E-state index in [1.165, 1.54) is 23.2 Å². The molecule has 2 aliphatic rings. The fourth-order valence-electron chi connectivity index (χ4n) is 4.54. The number of carbonyl (C=O) groups is 2. The molecule has 2 fully saturated rings.